The van der Waals surface area contributed by atoms with E-state index in [4.69, 9.17) is 9.47 Å². The smallest absolute Gasteiger partial charge is 0.240 e. The van der Waals surface area contributed by atoms with Crippen LogP contribution < -0.4 is 9.46 Å². The Labute approximate surface area is 126 Å². The van der Waals surface area contributed by atoms with Crippen molar-refractivity contribution in [1.29, 1.82) is 0 Å². The molecule has 106 valence electrons. The summed E-state index contributed by atoms with van der Waals surface area (Å²) >= 11 is 2.05. The summed E-state index contributed by atoms with van der Waals surface area (Å²) in [6.07, 6.45) is 1.89. The largest absolute Gasteiger partial charge is 0.496 e. The molecule has 0 radical (unpaired) electrons. The molecule has 1 saturated heterocycles. The van der Waals surface area contributed by atoms with Gasteiger partial charge in [-0.3, -0.25) is 0 Å². The van der Waals surface area contributed by atoms with Crippen LogP contribution in [0, 0.1) is 3.57 Å². The monoisotopic (exact) mass is 397 g/mol. The number of halogens is 1. The molecule has 1 heterocycles. The van der Waals surface area contributed by atoms with Gasteiger partial charge in [0.2, 0.25) is 10.0 Å². The van der Waals surface area contributed by atoms with E-state index in [2.05, 4.69) is 27.3 Å². The quantitative estimate of drug-likeness (QED) is 0.770. The number of ether oxygens (including phenoxy) is 2. The minimum Gasteiger partial charge on any atom is -0.496 e. The molecular formula is C12H16INO4S. The molecule has 0 unspecified atom stereocenters. The molecule has 1 aromatic rings. The second-order valence-electron chi connectivity index (χ2n) is 4.28. The lowest BCUT2D eigenvalue weighted by atomic mass is 10.2. The maximum Gasteiger partial charge on any atom is 0.240 e. The molecule has 0 amide bonds. The van der Waals surface area contributed by atoms with Gasteiger partial charge < -0.3 is 9.47 Å². The summed E-state index contributed by atoms with van der Waals surface area (Å²) in [6, 6.07) is 4.79. The number of rotatable bonds is 5. The van der Waals surface area contributed by atoms with E-state index in [1.807, 2.05) is 0 Å². The number of sulfonamides is 1. The van der Waals surface area contributed by atoms with Gasteiger partial charge in [-0.15, -0.1) is 0 Å². The molecule has 19 heavy (non-hydrogen) atoms. The third-order valence-corrected chi connectivity index (χ3v) is 5.22. The average Bonchev–Trinajstić information content (AvgIpc) is 2.89. The van der Waals surface area contributed by atoms with Crippen LogP contribution in [-0.2, 0) is 14.8 Å². The van der Waals surface area contributed by atoms with Crippen LogP contribution in [0.25, 0.3) is 0 Å². The Kier molecular flexibility index (Phi) is 5.04. The van der Waals surface area contributed by atoms with Crippen molar-refractivity contribution in [3.8, 4) is 5.75 Å². The van der Waals surface area contributed by atoms with Crippen molar-refractivity contribution >= 4 is 32.6 Å². The molecule has 1 N–H and O–H groups in total. The maximum atomic E-state index is 12.1. The fraction of sp³-hybridized carbons (Fsp3) is 0.500. The minimum atomic E-state index is -3.49. The van der Waals surface area contributed by atoms with E-state index < -0.39 is 10.0 Å². The summed E-state index contributed by atoms with van der Waals surface area (Å²) < 4.78 is 38.1. The Bertz CT molecular complexity index is 541. The Morgan fingerprint density at radius 2 is 2.32 bits per heavy atom. The van der Waals surface area contributed by atoms with E-state index in [1.54, 1.807) is 25.3 Å². The van der Waals surface area contributed by atoms with Crippen LogP contribution in [0.1, 0.15) is 12.8 Å². The molecule has 1 aromatic carbocycles. The van der Waals surface area contributed by atoms with Gasteiger partial charge >= 0.3 is 0 Å². The van der Waals surface area contributed by atoms with Gasteiger partial charge in [-0.05, 0) is 53.6 Å². The molecule has 1 aliphatic rings. The summed E-state index contributed by atoms with van der Waals surface area (Å²) in [5.41, 5.74) is 0. The first kappa shape index (κ1) is 15.0. The third-order valence-electron chi connectivity index (χ3n) is 2.96. The minimum absolute atomic E-state index is 0.00732. The van der Waals surface area contributed by atoms with E-state index in [1.165, 1.54) is 0 Å². The molecule has 7 heteroatoms. The van der Waals surface area contributed by atoms with Gasteiger partial charge in [-0.1, -0.05) is 0 Å². The highest BCUT2D eigenvalue weighted by Crippen LogP contribution is 2.23. The zero-order valence-corrected chi connectivity index (χ0v) is 13.5. The van der Waals surface area contributed by atoms with E-state index in [9.17, 15) is 8.42 Å². The predicted molar refractivity (Wildman–Crippen MR) is 79.9 cm³/mol. The molecule has 0 spiro atoms. The zero-order valence-electron chi connectivity index (χ0n) is 10.6. The van der Waals surface area contributed by atoms with Gasteiger partial charge in [0.1, 0.15) is 5.75 Å². The van der Waals surface area contributed by atoms with Crippen molar-refractivity contribution in [1.82, 2.24) is 4.72 Å². The first-order valence-electron chi connectivity index (χ1n) is 5.98. The van der Waals surface area contributed by atoms with E-state index in [0.717, 1.165) is 16.4 Å². The fourth-order valence-electron chi connectivity index (χ4n) is 1.91. The van der Waals surface area contributed by atoms with Crippen LogP contribution >= 0.6 is 22.6 Å². The summed E-state index contributed by atoms with van der Waals surface area (Å²) in [6.45, 7) is 1.04. The van der Waals surface area contributed by atoms with Crippen LogP contribution in [0.3, 0.4) is 0 Å². The molecule has 2 rings (SSSR count). The molecule has 0 bridgehead atoms. The zero-order chi connectivity index (χ0) is 13.9. The lowest BCUT2D eigenvalue weighted by molar-refractivity contribution is 0.114. The van der Waals surface area contributed by atoms with Crippen LogP contribution in [-0.4, -0.2) is 34.8 Å². The summed E-state index contributed by atoms with van der Waals surface area (Å²) in [4.78, 5) is 0.246. The van der Waals surface area contributed by atoms with Crippen molar-refractivity contribution in [3.63, 3.8) is 0 Å². The summed E-state index contributed by atoms with van der Waals surface area (Å²) in [5.74, 6) is 0.665. The SMILES string of the molecule is COc1ccc(S(=O)(=O)NC[C@@H]2CCCO2)cc1I. The van der Waals surface area contributed by atoms with Crippen molar-refractivity contribution in [2.45, 2.75) is 23.8 Å². The second kappa shape index (κ2) is 6.38. The standard InChI is InChI=1S/C12H16INO4S/c1-17-12-5-4-10(7-11(12)13)19(15,16)14-8-9-3-2-6-18-9/h4-5,7,9,14H,2-3,6,8H2,1H3/t9-/m0/s1. The maximum absolute atomic E-state index is 12.1. The van der Waals surface area contributed by atoms with E-state index in [0.29, 0.717) is 18.9 Å². The van der Waals surface area contributed by atoms with E-state index in [-0.39, 0.29) is 11.0 Å². The Morgan fingerprint density at radius 3 is 2.89 bits per heavy atom. The second-order valence-corrected chi connectivity index (χ2v) is 7.21. The molecule has 0 aliphatic carbocycles. The fourth-order valence-corrected chi connectivity index (χ4v) is 3.94. The first-order valence-corrected chi connectivity index (χ1v) is 8.54. The van der Waals surface area contributed by atoms with Crippen LogP contribution in [0.5, 0.6) is 5.75 Å². The Hall–Kier alpha value is -0.380. The Balaban J connectivity index is 2.08. The van der Waals surface area contributed by atoms with Crippen molar-refractivity contribution in [3.05, 3.63) is 21.8 Å². The molecule has 1 aliphatic heterocycles. The highest BCUT2D eigenvalue weighted by atomic mass is 127. The van der Waals surface area contributed by atoms with E-state index >= 15 is 0 Å². The number of benzene rings is 1. The van der Waals surface area contributed by atoms with Gasteiger partial charge in [0, 0.05) is 13.2 Å². The van der Waals surface area contributed by atoms with Gasteiger partial charge in [-0.25, -0.2) is 13.1 Å². The third kappa shape index (κ3) is 3.80. The predicted octanol–water partition coefficient (Wildman–Crippen LogP) is 1.76. The van der Waals surface area contributed by atoms with Crippen molar-refractivity contribution in [2.75, 3.05) is 20.3 Å². The van der Waals surface area contributed by atoms with Gasteiger partial charge in [0.25, 0.3) is 0 Å². The van der Waals surface area contributed by atoms with Crippen LogP contribution in [0.15, 0.2) is 23.1 Å². The highest BCUT2D eigenvalue weighted by molar-refractivity contribution is 14.1. The van der Waals surface area contributed by atoms with Crippen molar-refractivity contribution in [2.24, 2.45) is 0 Å². The normalized spacial score (nSPS) is 19.6. The lowest BCUT2D eigenvalue weighted by Gasteiger charge is -2.12. The molecular weight excluding hydrogens is 381 g/mol. The molecule has 5 nitrogen and oxygen atoms in total. The van der Waals surface area contributed by atoms with Gasteiger partial charge in [-0.2, -0.15) is 0 Å². The molecule has 1 fully saturated rings. The highest BCUT2D eigenvalue weighted by Gasteiger charge is 2.20. The molecule has 0 aromatic heterocycles. The summed E-state index contributed by atoms with van der Waals surface area (Å²) in [7, 11) is -1.93. The molecule has 1 atom stereocenters. The number of nitrogens with one attached hydrogen (secondary N) is 1. The summed E-state index contributed by atoms with van der Waals surface area (Å²) in [5, 5.41) is 0. The molecule has 0 saturated carbocycles. The first-order chi connectivity index (χ1) is 9.03. The number of methoxy groups -OCH3 is 1. The Morgan fingerprint density at radius 1 is 1.53 bits per heavy atom. The lowest BCUT2D eigenvalue weighted by Crippen LogP contribution is -2.31. The van der Waals surface area contributed by atoms with Crippen LogP contribution in [0.2, 0.25) is 0 Å². The number of hydrogen-bond donors (Lipinski definition) is 1. The van der Waals surface area contributed by atoms with Gasteiger partial charge in [0.05, 0.1) is 21.7 Å². The van der Waals surface area contributed by atoms with Crippen LogP contribution in [0.4, 0.5) is 0 Å². The topological polar surface area (TPSA) is 64.6 Å². The van der Waals surface area contributed by atoms with Gasteiger partial charge in [0.15, 0.2) is 0 Å². The number of hydrogen-bond acceptors (Lipinski definition) is 4. The van der Waals surface area contributed by atoms with Crippen molar-refractivity contribution < 1.29 is 17.9 Å². The average molecular weight is 397 g/mol.